The highest BCUT2D eigenvalue weighted by Crippen LogP contribution is 2.21. The van der Waals surface area contributed by atoms with Gasteiger partial charge in [-0.25, -0.2) is 4.79 Å². The van der Waals surface area contributed by atoms with Gasteiger partial charge < -0.3 is 20.9 Å². The monoisotopic (exact) mass is 556 g/mol. The number of nitrogens with one attached hydrogen (secondary N) is 3. The lowest BCUT2D eigenvalue weighted by Crippen LogP contribution is -2.44. The van der Waals surface area contributed by atoms with E-state index in [9.17, 15) is 9.59 Å². The quantitative estimate of drug-likeness (QED) is 0.151. The molecule has 0 aromatic heterocycles. The van der Waals surface area contributed by atoms with E-state index in [-0.39, 0.29) is 35.9 Å². The number of hydrogen-bond donors (Lipinski definition) is 3. The van der Waals surface area contributed by atoms with Gasteiger partial charge in [0.15, 0.2) is 5.96 Å². The van der Waals surface area contributed by atoms with E-state index in [0.717, 1.165) is 32.0 Å². The van der Waals surface area contributed by atoms with Crippen molar-refractivity contribution in [2.24, 2.45) is 4.99 Å². The molecule has 1 aromatic carbocycles. The van der Waals surface area contributed by atoms with Crippen molar-refractivity contribution in [2.75, 3.05) is 37.6 Å². The smallest absolute Gasteiger partial charge is 0.325 e. The van der Waals surface area contributed by atoms with E-state index in [1.807, 2.05) is 13.8 Å². The molecule has 2 fully saturated rings. The summed E-state index contributed by atoms with van der Waals surface area (Å²) in [5, 5.41) is 9.62. The Labute approximate surface area is 208 Å². The number of anilines is 1. The Morgan fingerprint density at radius 2 is 1.97 bits per heavy atom. The van der Waals surface area contributed by atoms with Crippen LogP contribution in [0.3, 0.4) is 0 Å². The summed E-state index contributed by atoms with van der Waals surface area (Å²) in [5.41, 5.74) is 1.75. The van der Waals surface area contributed by atoms with Gasteiger partial charge in [0.1, 0.15) is 5.54 Å². The molecule has 2 aliphatic heterocycles. The van der Waals surface area contributed by atoms with Crippen molar-refractivity contribution in [1.82, 2.24) is 20.9 Å². The second kappa shape index (κ2) is 11.7. The van der Waals surface area contributed by atoms with Gasteiger partial charge in [0.05, 0.1) is 0 Å². The Hall–Kier alpha value is -2.04. The summed E-state index contributed by atoms with van der Waals surface area (Å²) in [6.07, 6.45) is 2.27. The largest absolute Gasteiger partial charge is 0.369 e. The fraction of sp³-hybridized carbons (Fsp3) is 0.609. The first kappa shape index (κ1) is 26.2. The number of rotatable bonds is 8. The lowest BCUT2D eigenvalue weighted by Gasteiger charge is -2.21. The lowest BCUT2D eigenvalue weighted by atomic mass is 9.99. The van der Waals surface area contributed by atoms with Crippen LogP contribution in [0.1, 0.15) is 45.6 Å². The fourth-order valence-electron chi connectivity index (χ4n) is 3.99. The number of imide groups is 1. The summed E-state index contributed by atoms with van der Waals surface area (Å²) >= 11 is 0. The number of halogens is 1. The number of aliphatic imine (C=N–C) groups is 1. The highest BCUT2D eigenvalue weighted by atomic mass is 127. The molecule has 2 atom stereocenters. The second-order valence-electron chi connectivity index (χ2n) is 8.60. The normalized spacial score (nSPS) is 23.2. The molecule has 32 heavy (non-hydrogen) atoms. The van der Waals surface area contributed by atoms with E-state index in [1.165, 1.54) is 16.2 Å². The standard InChI is InChI=1S/C23H36N6O2.HI/c1-5-23(4)20(30)29(22(31)27-23)14-7-13-25-21(24-6-2)26-18-12-15-28(16-18)19-10-8-17(3)9-11-19;/h8-11,18H,5-7,12-16H2,1-4H3,(H,27,31)(H2,24,25,26);1H. The van der Waals surface area contributed by atoms with Gasteiger partial charge in [-0.3, -0.25) is 14.7 Å². The zero-order valence-electron chi connectivity index (χ0n) is 19.6. The Bertz CT molecular complexity index is 815. The Morgan fingerprint density at radius 3 is 2.59 bits per heavy atom. The van der Waals surface area contributed by atoms with Crippen molar-refractivity contribution < 1.29 is 9.59 Å². The number of urea groups is 1. The maximum absolute atomic E-state index is 12.5. The zero-order valence-corrected chi connectivity index (χ0v) is 21.9. The van der Waals surface area contributed by atoms with E-state index < -0.39 is 5.54 Å². The molecule has 2 unspecified atom stereocenters. The summed E-state index contributed by atoms with van der Waals surface area (Å²) in [4.78, 5) is 33.0. The third-order valence-electron chi connectivity index (χ3n) is 6.13. The highest BCUT2D eigenvalue weighted by Gasteiger charge is 2.45. The minimum Gasteiger partial charge on any atom is -0.369 e. The molecule has 8 nitrogen and oxygen atoms in total. The number of nitrogens with zero attached hydrogens (tertiary/aromatic N) is 3. The molecule has 0 radical (unpaired) electrons. The van der Waals surface area contributed by atoms with Gasteiger partial charge in [0.2, 0.25) is 0 Å². The second-order valence-corrected chi connectivity index (χ2v) is 8.60. The average molecular weight is 556 g/mol. The number of guanidine groups is 1. The topological polar surface area (TPSA) is 89.1 Å². The van der Waals surface area contributed by atoms with E-state index >= 15 is 0 Å². The number of hydrogen-bond acceptors (Lipinski definition) is 4. The molecule has 0 bridgehead atoms. The van der Waals surface area contributed by atoms with Crippen molar-refractivity contribution in [3.05, 3.63) is 29.8 Å². The molecular weight excluding hydrogens is 519 g/mol. The molecule has 2 saturated heterocycles. The van der Waals surface area contributed by atoms with Gasteiger partial charge in [-0.05, 0) is 52.2 Å². The first-order valence-corrected chi connectivity index (χ1v) is 11.4. The molecule has 3 amide bonds. The van der Waals surface area contributed by atoms with Crippen LogP contribution in [-0.2, 0) is 4.79 Å². The van der Waals surface area contributed by atoms with E-state index in [2.05, 4.69) is 57.0 Å². The molecule has 9 heteroatoms. The molecule has 0 saturated carbocycles. The number of benzene rings is 1. The Morgan fingerprint density at radius 1 is 1.25 bits per heavy atom. The number of carbonyl (C=O) groups is 2. The van der Waals surface area contributed by atoms with Crippen LogP contribution < -0.4 is 20.9 Å². The summed E-state index contributed by atoms with van der Waals surface area (Å²) in [5.74, 6) is 0.644. The van der Waals surface area contributed by atoms with Gasteiger partial charge in [-0.2, -0.15) is 0 Å². The highest BCUT2D eigenvalue weighted by molar-refractivity contribution is 14.0. The number of aryl methyl sites for hydroxylation is 1. The van der Waals surface area contributed by atoms with Gasteiger partial charge >= 0.3 is 6.03 Å². The average Bonchev–Trinajstić information content (AvgIpc) is 3.29. The van der Waals surface area contributed by atoms with Crippen molar-refractivity contribution >= 4 is 47.6 Å². The summed E-state index contributed by atoms with van der Waals surface area (Å²) in [7, 11) is 0. The maximum Gasteiger partial charge on any atom is 0.325 e. The minimum atomic E-state index is -0.775. The van der Waals surface area contributed by atoms with E-state index in [1.54, 1.807) is 6.92 Å². The van der Waals surface area contributed by atoms with Crippen LogP contribution in [0, 0.1) is 6.92 Å². The molecule has 1 aromatic rings. The van der Waals surface area contributed by atoms with Crippen LogP contribution in [0.5, 0.6) is 0 Å². The molecule has 3 N–H and O–H groups in total. The van der Waals surface area contributed by atoms with Crippen LogP contribution in [0.4, 0.5) is 10.5 Å². The molecule has 0 aliphatic carbocycles. The molecule has 178 valence electrons. The van der Waals surface area contributed by atoms with Gasteiger partial charge in [0.25, 0.3) is 5.91 Å². The van der Waals surface area contributed by atoms with Crippen molar-refractivity contribution in [2.45, 2.75) is 58.5 Å². The van der Waals surface area contributed by atoms with Gasteiger partial charge in [-0.1, -0.05) is 24.6 Å². The van der Waals surface area contributed by atoms with Crippen LogP contribution in [0.15, 0.2) is 29.3 Å². The van der Waals surface area contributed by atoms with Crippen LogP contribution >= 0.6 is 24.0 Å². The predicted molar refractivity (Wildman–Crippen MR) is 140 cm³/mol. The zero-order chi connectivity index (χ0) is 22.4. The predicted octanol–water partition coefficient (Wildman–Crippen LogP) is 2.86. The van der Waals surface area contributed by atoms with Crippen LogP contribution in [0.25, 0.3) is 0 Å². The van der Waals surface area contributed by atoms with Crippen molar-refractivity contribution in [1.29, 1.82) is 0 Å². The van der Waals surface area contributed by atoms with Crippen LogP contribution in [-0.4, -0.2) is 67.1 Å². The van der Waals surface area contributed by atoms with Gasteiger partial charge in [0, 0.05) is 44.5 Å². The maximum atomic E-state index is 12.5. The summed E-state index contributed by atoms with van der Waals surface area (Å²) < 4.78 is 0. The first-order valence-electron chi connectivity index (χ1n) is 11.4. The van der Waals surface area contributed by atoms with E-state index in [0.29, 0.717) is 32.0 Å². The summed E-state index contributed by atoms with van der Waals surface area (Å²) in [6, 6.07) is 8.68. The Balaban J connectivity index is 0.00000363. The van der Waals surface area contributed by atoms with Crippen molar-refractivity contribution in [3.63, 3.8) is 0 Å². The Kier molecular flexibility index (Phi) is 9.60. The van der Waals surface area contributed by atoms with Gasteiger partial charge in [-0.15, -0.1) is 24.0 Å². The van der Waals surface area contributed by atoms with Crippen molar-refractivity contribution in [3.8, 4) is 0 Å². The molecule has 2 heterocycles. The molecule has 0 spiro atoms. The third kappa shape index (κ3) is 6.26. The summed E-state index contributed by atoms with van der Waals surface area (Å²) in [6.45, 7) is 11.5. The molecular formula is C23H37IN6O2. The number of amides is 3. The fourth-order valence-corrected chi connectivity index (χ4v) is 3.99. The van der Waals surface area contributed by atoms with E-state index in [4.69, 9.17) is 0 Å². The molecule has 3 rings (SSSR count). The molecule has 2 aliphatic rings. The first-order chi connectivity index (χ1) is 14.9. The lowest BCUT2D eigenvalue weighted by molar-refractivity contribution is -0.130. The number of carbonyl (C=O) groups excluding carboxylic acids is 2. The van der Waals surface area contributed by atoms with Crippen LogP contribution in [0.2, 0.25) is 0 Å². The third-order valence-corrected chi connectivity index (χ3v) is 6.13. The SMILES string of the molecule is CCNC(=NCCCN1C(=O)NC(C)(CC)C1=O)NC1CCN(c2ccc(C)cc2)C1.I. The minimum absolute atomic E-state index is 0.